The summed E-state index contributed by atoms with van der Waals surface area (Å²) >= 11 is 7.47. The molecule has 116 valence electrons. The normalized spacial score (nSPS) is 16.7. The summed E-state index contributed by atoms with van der Waals surface area (Å²) < 4.78 is -0.470. The molecule has 0 saturated heterocycles. The number of thioether (sulfide) groups is 1. The predicted molar refractivity (Wildman–Crippen MR) is 91.0 cm³/mol. The van der Waals surface area contributed by atoms with Crippen molar-refractivity contribution in [1.82, 2.24) is 5.32 Å². The lowest BCUT2D eigenvalue weighted by Gasteiger charge is -2.26. The van der Waals surface area contributed by atoms with Crippen LogP contribution in [0.25, 0.3) is 0 Å². The Bertz CT molecular complexity index is 466. The molecule has 0 bridgehead atoms. The van der Waals surface area contributed by atoms with Crippen molar-refractivity contribution < 1.29 is 4.79 Å². The first-order valence-corrected chi connectivity index (χ1v) is 8.90. The van der Waals surface area contributed by atoms with Crippen LogP contribution in [0.2, 0.25) is 5.02 Å². The quantitative estimate of drug-likeness (QED) is 0.779. The molecule has 2 rings (SSSR count). The largest absolute Gasteiger partial charge is 0.355 e. The van der Waals surface area contributed by atoms with Gasteiger partial charge in [-0.2, -0.15) is 0 Å². The number of carbonyl (C=O) groups excluding carboxylic acids is 1. The predicted octanol–water partition coefficient (Wildman–Crippen LogP) is 4.91. The Kier molecular flexibility index (Phi) is 6.00. The van der Waals surface area contributed by atoms with Crippen molar-refractivity contribution in [3.05, 3.63) is 29.3 Å². The summed E-state index contributed by atoms with van der Waals surface area (Å²) in [5.74, 6) is 0.784. The Labute approximate surface area is 137 Å². The van der Waals surface area contributed by atoms with Gasteiger partial charge in [-0.05, 0) is 56.9 Å². The zero-order valence-corrected chi connectivity index (χ0v) is 14.4. The standard InChI is InChI=1S/C17H24ClNOS/c1-17(2,21-15-10-8-14(18)9-11-15)16(20)19-12-13-6-4-3-5-7-13/h8-11,13H,3-7,12H2,1-2H3,(H,19,20). The van der Waals surface area contributed by atoms with Crippen molar-refractivity contribution in [2.75, 3.05) is 6.54 Å². The van der Waals surface area contributed by atoms with E-state index in [0.717, 1.165) is 16.5 Å². The third-order valence-electron chi connectivity index (χ3n) is 4.01. The van der Waals surface area contributed by atoms with E-state index in [0.29, 0.717) is 5.92 Å². The van der Waals surface area contributed by atoms with Gasteiger partial charge < -0.3 is 5.32 Å². The Morgan fingerprint density at radius 1 is 1.24 bits per heavy atom. The maximum atomic E-state index is 12.4. The third-order valence-corrected chi connectivity index (χ3v) is 5.47. The summed E-state index contributed by atoms with van der Waals surface area (Å²) in [4.78, 5) is 13.5. The van der Waals surface area contributed by atoms with Crippen LogP contribution < -0.4 is 5.32 Å². The first-order valence-electron chi connectivity index (χ1n) is 7.70. The molecule has 1 fully saturated rings. The average Bonchev–Trinajstić information content (AvgIpc) is 2.48. The summed E-state index contributed by atoms with van der Waals surface area (Å²) in [6, 6.07) is 7.64. The number of carbonyl (C=O) groups is 1. The van der Waals surface area contributed by atoms with Crippen LogP contribution in [-0.4, -0.2) is 17.2 Å². The first kappa shape index (κ1) is 16.7. The van der Waals surface area contributed by atoms with E-state index in [9.17, 15) is 4.79 Å². The summed E-state index contributed by atoms with van der Waals surface area (Å²) in [7, 11) is 0. The van der Waals surface area contributed by atoms with Gasteiger partial charge in [-0.25, -0.2) is 0 Å². The number of nitrogens with one attached hydrogen (secondary N) is 1. The van der Waals surface area contributed by atoms with Gasteiger partial charge in [0.05, 0.1) is 4.75 Å². The van der Waals surface area contributed by atoms with Crippen LogP contribution in [0.1, 0.15) is 46.0 Å². The van der Waals surface area contributed by atoms with Gasteiger partial charge in [-0.15, -0.1) is 11.8 Å². The maximum absolute atomic E-state index is 12.4. The molecule has 1 amide bonds. The molecule has 1 aromatic carbocycles. The minimum Gasteiger partial charge on any atom is -0.355 e. The highest BCUT2D eigenvalue weighted by atomic mass is 35.5. The Morgan fingerprint density at radius 3 is 2.48 bits per heavy atom. The van der Waals surface area contributed by atoms with Crippen molar-refractivity contribution in [1.29, 1.82) is 0 Å². The molecule has 1 saturated carbocycles. The van der Waals surface area contributed by atoms with Crippen molar-refractivity contribution in [3.63, 3.8) is 0 Å². The van der Waals surface area contributed by atoms with Crippen molar-refractivity contribution in [3.8, 4) is 0 Å². The fraction of sp³-hybridized carbons (Fsp3) is 0.588. The summed E-state index contributed by atoms with van der Waals surface area (Å²) in [5, 5.41) is 3.86. The topological polar surface area (TPSA) is 29.1 Å². The number of amides is 1. The number of hydrogen-bond acceptors (Lipinski definition) is 2. The zero-order valence-electron chi connectivity index (χ0n) is 12.8. The van der Waals surface area contributed by atoms with Crippen molar-refractivity contribution >= 4 is 29.3 Å². The van der Waals surface area contributed by atoms with Gasteiger partial charge >= 0.3 is 0 Å². The molecule has 4 heteroatoms. The number of halogens is 1. The van der Waals surface area contributed by atoms with Crippen LogP contribution in [-0.2, 0) is 4.79 Å². The second-order valence-electron chi connectivity index (χ2n) is 6.28. The first-order chi connectivity index (χ1) is 9.97. The zero-order chi connectivity index (χ0) is 15.3. The Hall–Kier alpha value is -0.670. The fourth-order valence-corrected chi connectivity index (χ4v) is 3.84. The van der Waals surface area contributed by atoms with Gasteiger partial charge in [-0.3, -0.25) is 4.79 Å². The van der Waals surface area contributed by atoms with Gasteiger partial charge in [0.1, 0.15) is 0 Å². The molecule has 1 aromatic rings. The van der Waals surface area contributed by atoms with Crippen molar-refractivity contribution in [2.45, 2.75) is 55.6 Å². The van der Waals surface area contributed by atoms with E-state index in [1.54, 1.807) is 11.8 Å². The second kappa shape index (κ2) is 7.55. The van der Waals surface area contributed by atoms with Gasteiger partial charge in [0, 0.05) is 16.5 Å². The lowest BCUT2D eigenvalue weighted by Crippen LogP contribution is -2.42. The highest BCUT2D eigenvalue weighted by molar-refractivity contribution is 8.01. The van der Waals surface area contributed by atoms with Crippen LogP contribution >= 0.6 is 23.4 Å². The van der Waals surface area contributed by atoms with E-state index in [1.165, 1.54) is 32.1 Å². The number of hydrogen-bond donors (Lipinski definition) is 1. The molecule has 0 heterocycles. The average molecular weight is 326 g/mol. The molecule has 0 aliphatic heterocycles. The van der Waals surface area contributed by atoms with Crippen molar-refractivity contribution in [2.24, 2.45) is 5.92 Å². The SMILES string of the molecule is CC(C)(Sc1ccc(Cl)cc1)C(=O)NCC1CCCCC1. The molecule has 1 aliphatic carbocycles. The van der Waals surface area contributed by atoms with Crippen LogP contribution in [0, 0.1) is 5.92 Å². The van der Waals surface area contributed by atoms with E-state index < -0.39 is 4.75 Å². The third kappa shape index (κ3) is 5.23. The van der Waals surface area contributed by atoms with E-state index in [-0.39, 0.29) is 5.91 Å². The highest BCUT2D eigenvalue weighted by Gasteiger charge is 2.29. The van der Waals surface area contributed by atoms with Gasteiger partial charge in [-0.1, -0.05) is 30.9 Å². The molecule has 21 heavy (non-hydrogen) atoms. The Balaban J connectivity index is 1.85. The molecule has 0 spiro atoms. The second-order valence-corrected chi connectivity index (χ2v) is 8.41. The van der Waals surface area contributed by atoms with Gasteiger partial charge in [0.15, 0.2) is 0 Å². The molecule has 2 nitrogen and oxygen atoms in total. The molecule has 1 aliphatic rings. The van der Waals surface area contributed by atoms with E-state index in [4.69, 9.17) is 11.6 Å². The van der Waals surface area contributed by atoms with Gasteiger partial charge in [0.25, 0.3) is 0 Å². The molecule has 0 radical (unpaired) electrons. The lowest BCUT2D eigenvalue weighted by atomic mass is 9.89. The molecular formula is C17H24ClNOS. The minimum atomic E-state index is -0.470. The van der Waals surface area contributed by atoms with E-state index in [1.807, 2.05) is 38.1 Å². The minimum absolute atomic E-state index is 0.119. The maximum Gasteiger partial charge on any atom is 0.236 e. The summed E-state index contributed by atoms with van der Waals surface area (Å²) in [5.41, 5.74) is 0. The summed E-state index contributed by atoms with van der Waals surface area (Å²) in [6.45, 7) is 4.77. The van der Waals surface area contributed by atoms with Crippen LogP contribution in [0.4, 0.5) is 0 Å². The lowest BCUT2D eigenvalue weighted by molar-refractivity contribution is -0.122. The molecule has 0 atom stereocenters. The summed E-state index contributed by atoms with van der Waals surface area (Å²) in [6.07, 6.45) is 6.48. The highest BCUT2D eigenvalue weighted by Crippen LogP contribution is 2.33. The number of rotatable bonds is 5. The fourth-order valence-electron chi connectivity index (χ4n) is 2.68. The molecule has 1 N–H and O–H groups in total. The van der Waals surface area contributed by atoms with Crippen LogP contribution in [0.15, 0.2) is 29.2 Å². The smallest absolute Gasteiger partial charge is 0.236 e. The monoisotopic (exact) mass is 325 g/mol. The number of benzene rings is 1. The molecule has 0 unspecified atom stereocenters. The Morgan fingerprint density at radius 2 is 1.86 bits per heavy atom. The molecule has 0 aromatic heterocycles. The van der Waals surface area contributed by atoms with Crippen LogP contribution in [0.3, 0.4) is 0 Å². The van der Waals surface area contributed by atoms with Gasteiger partial charge in [0.2, 0.25) is 5.91 Å². The van der Waals surface area contributed by atoms with E-state index >= 15 is 0 Å². The molecular weight excluding hydrogens is 302 g/mol. The van der Waals surface area contributed by atoms with Crippen LogP contribution in [0.5, 0.6) is 0 Å². The van der Waals surface area contributed by atoms with E-state index in [2.05, 4.69) is 5.32 Å².